The molecule has 0 saturated carbocycles. The van der Waals surface area contributed by atoms with Crippen LogP contribution in [-0.2, 0) is 18.8 Å². The van der Waals surface area contributed by atoms with Crippen LogP contribution in [0.15, 0.2) is 23.8 Å². The van der Waals surface area contributed by atoms with Gasteiger partial charge in [0, 0.05) is 22.3 Å². The van der Waals surface area contributed by atoms with Crippen molar-refractivity contribution in [2.75, 3.05) is 19.8 Å². The Balaban J connectivity index is 1.81. The first-order valence-electron chi connectivity index (χ1n) is 6.21. The number of allylic oxidation sites excluding steroid dienone is 2. The monoisotopic (exact) mass is 270 g/mol. The van der Waals surface area contributed by atoms with Gasteiger partial charge in [0.15, 0.2) is 5.60 Å². The van der Waals surface area contributed by atoms with Gasteiger partial charge in [-0.3, -0.25) is 4.79 Å². The van der Waals surface area contributed by atoms with Crippen LogP contribution in [-0.4, -0.2) is 31.4 Å². The number of esters is 1. The quantitative estimate of drug-likeness (QED) is 0.548. The van der Waals surface area contributed by atoms with Gasteiger partial charge in [-0.1, -0.05) is 18.2 Å². The molecule has 0 amide bonds. The summed E-state index contributed by atoms with van der Waals surface area (Å²) in [5.74, 6) is -0.169. The molecule has 1 saturated heterocycles. The maximum absolute atomic E-state index is 11.2. The number of carbonyl (C=O) groups excluding carboxylic acids is 1. The SMILES string of the molecule is O=C1CC[C@](COP)(COCC2=CCCC=C2)O1. The third kappa shape index (κ3) is 3.64. The first kappa shape index (κ1) is 13.7. The van der Waals surface area contributed by atoms with E-state index in [-0.39, 0.29) is 5.97 Å². The normalized spacial score (nSPS) is 27.2. The Labute approximate surface area is 110 Å². The summed E-state index contributed by atoms with van der Waals surface area (Å²) in [6.45, 7) is 1.31. The lowest BCUT2D eigenvalue weighted by Gasteiger charge is -2.26. The lowest BCUT2D eigenvalue weighted by atomic mass is 10.0. The van der Waals surface area contributed by atoms with Gasteiger partial charge < -0.3 is 14.0 Å². The van der Waals surface area contributed by atoms with Crippen molar-refractivity contribution in [1.29, 1.82) is 0 Å². The van der Waals surface area contributed by atoms with E-state index in [1.54, 1.807) is 0 Å². The van der Waals surface area contributed by atoms with E-state index in [4.69, 9.17) is 14.0 Å². The van der Waals surface area contributed by atoms with Crippen molar-refractivity contribution in [3.63, 3.8) is 0 Å². The smallest absolute Gasteiger partial charge is 0.306 e. The van der Waals surface area contributed by atoms with Gasteiger partial charge in [0.25, 0.3) is 0 Å². The highest BCUT2D eigenvalue weighted by atomic mass is 31.0. The predicted octanol–water partition coefficient (Wildman–Crippen LogP) is 2.16. The molecule has 0 bridgehead atoms. The third-order valence-corrected chi connectivity index (χ3v) is 3.33. The first-order chi connectivity index (χ1) is 8.74. The van der Waals surface area contributed by atoms with Crippen LogP contribution < -0.4 is 0 Å². The summed E-state index contributed by atoms with van der Waals surface area (Å²) in [4.78, 5) is 11.2. The Morgan fingerprint density at radius 2 is 2.28 bits per heavy atom. The molecule has 1 aliphatic carbocycles. The summed E-state index contributed by atoms with van der Waals surface area (Å²) in [6, 6.07) is 0. The van der Waals surface area contributed by atoms with E-state index in [1.165, 1.54) is 5.57 Å². The minimum absolute atomic E-state index is 0.169. The van der Waals surface area contributed by atoms with Gasteiger partial charge >= 0.3 is 5.97 Å². The van der Waals surface area contributed by atoms with Crippen molar-refractivity contribution >= 4 is 15.4 Å². The van der Waals surface area contributed by atoms with E-state index in [1.807, 2.05) is 0 Å². The van der Waals surface area contributed by atoms with Crippen molar-refractivity contribution in [2.24, 2.45) is 0 Å². The van der Waals surface area contributed by atoms with Crippen molar-refractivity contribution in [3.05, 3.63) is 23.8 Å². The number of hydrogen-bond acceptors (Lipinski definition) is 4. The number of cyclic esters (lactones) is 1. The standard InChI is InChI=1S/C13H19O4P/c14-12-6-7-13(17-12,10-16-18)9-15-8-11-4-2-1-3-5-11/h2,4-5H,1,3,6-10,18H2/t13-/m1/s1. The van der Waals surface area contributed by atoms with E-state index < -0.39 is 5.60 Å². The summed E-state index contributed by atoms with van der Waals surface area (Å²) < 4.78 is 16.1. The van der Waals surface area contributed by atoms with Gasteiger partial charge in [-0.25, -0.2) is 0 Å². The van der Waals surface area contributed by atoms with Gasteiger partial charge in [-0.15, -0.1) is 0 Å². The predicted molar refractivity (Wildman–Crippen MR) is 71.0 cm³/mol. The second-order valence-corrected chi connectivity index (χ2v) is 5.05. The largest absolute Gasteiger partial charge is 0.454 e. The summed E-state index contributed by atoms with van der Waals surface area (Å²) in [7, 11) is 2.19. The molecule has 0 N–H and O–H groups in total. The summed E-state index contributed by atoms with van der Waals surface area (Å²) >= 11 is 0. The molecular weight excluding hydrogens is 251 g/mol. The maximum atomic E-state index is 11.2. The van der Waals surface area contributed by atoms with Crippen LogP contribution in [0.3, 0.4) is 0 Å². The molecule has 2 aliphatic rings. The molecule has 5 heteroatoms. The van der Waals surface area contributed by atoms with Crippen LogP contribution >= 0.6 is 9.47 Å². The molecule has 2 rings (SSSR count). The summed E-state index contributed by atoms with van der Waals surface area (Å²) in [5.41, 5.74) is 0.588. The van der Waals surface area contributed by atoms with Crippen molar-refractivity contribution in [3.8, 4) is 0 Å². The van der Waals surface area contributed by atoms with E-state index in [0.29, 0.717) is 32.7 Å². The molecule has 18 heavy (non-hydrogen) atoms. The Bertz CT molecular complexity index is 364. The van der Waals surface area contributed by atoms with E-state index in [2.05, 4.69) is 27.7 Å². The van der Waals surface area contributed by atoms with Crippen LogP contribution in [0.1, 0.15) is 25.7 Å². The van der Waals surface area contributed by atoms with E-state index in [9.17, 15) is 4.79 Å². The van der Waals surface area contributed by atoms with Gasteiger partial charge in [-0.05, 0) is 18.4 Å². The Kier molecular flexibility index (Phi) is 4.93. The second-order valence-electron chi connectivity index (χ2n) is 4.72. The molecule has 2 atom stereocenters. The molecule has 1 aliphatic heterocycles. The zero-order chi connectivity index (χ0) is 12.8. The maximum Gasteiger partial charge on any atom is 0.306 e. The first-order valence-corrected chi connectivity index (χ1v) is 6.68. The van der Waals surface area contributed by atoms with Gasteiger partial charge in [0.1, 0.15) is 0 Å². The average molecular weight is 270 g/mol. The number of ether oxygens (including phenoxy) is 2. The van der Waals surface area contributed by atoms with Crippen molar-refractivity contribution < 1.29 is 18.8 Å². The average Bonchev–Trinajstić information content (AvgIpc) is 2.73. The molecule has 0 aromatic rings. The second kappa shape index (κ2) is 6.46. The fraction of sp³-hybridized carbons (Fsp3) is 0.615. The highest BCUT2D eigenvalue weighted by Crippen LogP contribution is 2.28. The molecule has 4 nitrogen and oxygen atoms in total. The van der Waals surface area contributed by atoms with Gasteiger partial charge in [0.2, 0.25) is 0 Å². The van der Waals surface area contributed by atoms with Gasteiger partial charge in [-0.2, -0.15) is 0 Å². The number of carbonyl (C=O) groups is 1. The molecule has 1 fully saturated rings. The van der Waals surface area contributed by atoms with Crippen LogP contribution in [0.4, 0.5) is 0 Å². The Morgan fingerprint density at radius 3 is 2.89 bits per heavy atom. The van der Waals surface area contributed by atoms with E-state index >= 15 is 0 Å². The van der Waals surface area contributed by atoms with Crippen molar-refractivity contribution in [2.45, 2.75) is 31.3 Å². The zero-order valence-corrected chi connectivity index (χ0v) is 11.5. The molecule has 1 heterocycles. The van der Waals surface area contributed by atoms with Gasteiger partial charge in [0.05, 0.1) is 19.8 Å². The lowest BCUT2D eigenvalue weighted by molar-refractivity contribution is -0.156. The highest BCUT2D eigenvalue weighted by molar-refractivity contribution is 7.09. The van der Waals surface area contributed by atoms with E-state index in [0.717, 1.165) is 12.8 Å². The molecule has 1 unspecified atom stereocenters. The molecule has 0 aromatic carbocycles. The fourth-order valence-corrected chi connectivity index (χ4v) is 2.50. The summed E-state index contributed by atoms with van der Waals surface area (Å²) in [5, 5.41) is 0. The minimum atomic E-state index is -0.599. The lowest BCUT2D eigenvalue weighted by Crippen LogP contribution is -2.38. The van der Waals surface area contributed by atoms with Crippen molar-refractivity contribution in [1.82, 2.24) is 0 Å². The molecule has 0 radical (unpaired) electrons. The number of rotatable bonds is 6. The topological polar surface area (TPSA) is 44.8 Å². The number of hydrogen-bond donors (Lipinski definition) is 0. The zero-order valence-electron chi connectivity index (χ0n) is 10.4. The minimum Gasteiger partial charge on any atom is -0.454 e. The molecular formula is C13H19O4P. The van der Waals surface area contributed by atoms with Crippen LogP contribution in [0.2, 0.25) is 0 Å². The molecule has 0 spiro atoms. The third-order valence-electron chi connectivity index (χ3n) is 3.17. The Morgan fingerprint density at radius 1 is 1.39 bits per heavy atom. The summed E-state index contributed by atoms with van der Waals surface area (Å²) in [6.07, 6.45) is 9.70. The van der Waals surface area contributed by atoms with Crippen LogP contribution in [0.25, 0.3) is 0 Å². The molecule has 100 valence electrons. The highest BCUT2D eigenvalue weighted by Gasteiger charge is 2.40. The van der Waals surface area contributed by atoms with Crippen LogP contribution in [0.5, 0.6) is 0 Å². The Hall–Kier alpha value is -0.700. The fourth-order valence-electron chi connectivity index (χ4n) is 2.20. The molecule has 0 aromatic heterocycles. The van der Waals surface area contributed by atoms with Crippen LogP contribution in [0, 0.1) is 0 Å².